The fourth-order valence-corrected chi connectivity index (χ4v) is 2.77. The van der Waals surface area contributed by atoms with Crippen LogP contribution in [-0.4, -0.2) is 54.1 Å². The van der Waals surface area contributed by atoms with E-state index in [1.165, 1.54) is 5.39 Å². The van der Waals surface area contributed by atoms with Crippen LogP contribution in [0.5, 0.6) is 0 Å². The third-order valence-corrected chi connectivity index (χ3v) is 4.16. The van der Waals surface area contributed by atoms with Crippen LogP contribution < -0.4 is 0 Å². The molecule has 0 atom stereocenters. The first kappa shape index (κ1) is 13.2. The van der Waals surface area contributed by atoms with E-state index in [9.17, 15) is 0 Å². The molecule has 0 unspecified atom stereocenters. The van der Waals surface area contributed by atoms with Crippen molar-refractivity contribution in [3.63, 3.8) is 0 Å². The van der Waals surface area contributed by atoms with Gasteiger partial charge in [-0.3, -0.25) is 4.90 Å². The molecule has 0 saturated carbocycles. The lowest BCUT2D eigenvalue weighted by Gasteiger charge is -2.32. The van der Waals surface area contributed by atoms with E-state index in [1.807, 2.05) is 18.2 Å². The number of hydrogen-bond donors (Lipinski definition) is 0. The highest BCUT2D eigenvalue weighted by Gasteiger charge is 2.13. The molecule has 104 valence electrons. The van der Waals surface area contributed by atoms with Gasteiger partial charge in [-0.1, -0.05) is 6.07 Å². The number of aromatic nitrogens is 1. The van der Waals surface area contributed by atoms with Crippen molar-refractivity contribution in [1.82, 2.24) is 14.4 Å². The van der Waals surface area contributed by atoms with Crippen LogP contribution in [0.2, 0.25) is 0 Å². The number of nitrogens with zero attached hydrogens (tertiary/aromatic N) is 4. The van der Waals surface area contributed by atoms with E-state index in [2.05, 4.69) is 39.7 Å². The first-order valence-electron chi connectivity index (χ1n) is 7.16. The standard InChI is InChI=1S/C16H20N4/c1-18-6-8-19(9-7-18)10-11-20-5-4-15-3-2-14(13-17)12-16(15)20/h2-5,12H,6-11H2,1H3. The molecular weight excluding hydrogens is 248 g/mol. The maximum atomic E-state index is 9.01. The average Bonchev–Trinajstić information content (AvgIpc) is 2.89. The highest BCUT2D eigenvalue weighted by Crippen LogP contribution is 2.17. The van der Waals surface area contributed by atoms with Gasteiger partial charge in [0.15, 0.2) is 0 Å². The second kappa shape index (κ2) is 5.66. The van der Waals surface area contributed by atoms with Crippen LogP contribution in [0.15, 0.2) is 30.5 Å². The van der Waals surface area contributed by atoms with Gasteiger partial charge in [0, 0.05) is 51.0 Å². The number of likely N-dealkylation sites (N-methyl/N-ethyl adjacent to an activating group) is 1. The molecule has 1 fully saturated rings. The lowest BCUT2D eigenvalue weighted by molar-refractivity contribution is 0.150. The lowest BCUT2D eigenvalue weighted by Crippen LogP contribution is -2.45. The largest absolute Gasteiger partial charge is 0.346 e. The summed E-state index contributed by atoms with van der Waals surface area (Å²) in [6.45, 7) is 6.69. The molecule has 0 amide bonds. The van der Waals surface area contributed by atoms with Crippen LogP contribution in [0.25, 0.3) is 10.9 Å². The first-order valence-corrected chi connectivity index (χ1v) is 7.16. The maximum absolute atomic E-state index is 9.01. The monoisotopic (exact) mass is 268 g/mol. The van der Waals surface area contributed by atoms with Crippen molar-refractivity contribution in [2.24, 2.45) is 0 Å². The predicted molar refractivity (Wildman–Crippen MR) is 80.6 cm³/mol. The molecule has 20 heavy (non-hydrogen) atoms. The zero-order chi connectivity index (χ0) is 13.9. The number of fused-ring (bicyclic) bond motifs is 1. The van der Waals surface area contributed by atoms with Crippen LogP contribution in [0.1, 0.15) is 5.56 Å². The van der Waals surface area contributed by atoms with E-state index >= 15 is 0 Å². The first-order chi connectivity index (χ1) is 9.76. The van der Waals surface area contributed by atoms with Crippen molar-refractivity contribution in [1.29, 1.82) is 5.26 Å². The van der Waals surface area contributed by atoms with Gasteiger partial charge in [0.1, 0.15) is 0 Å². The second-order valence-electron chi connectivity index (χ2n) is 5.54. The van der Waals surface area contributed by atoms with Crippen LogP contribution in [0.4, 0.5) is 0 Å². The zero-order valence-electron chi connectivity index (χ0n) is 11.9. The fraction of sp³-hybridized carbons (Fsp3) is 0.438. The van der Waals surface area contributed by atoms with Gasteiger partial charge in [-0.15, -0.1) is 0 Å². The maximum Gasteiger partial charge on any atom is 0.0992 e. The second-order valence-corrected chi connectivity index (χ2v) is 5.54. The molecule has 0 N–H and O–H groups in total. The van der Waals surface area contributed by atoms with E-state index in [0.717, 1.165) is 50.3 Å². The summed E-state index contributed by atoms with van der Waals surface area (Å²) < 4.78 is 2.26. The Bertz CT molecular complexity index is 629. The van der Waals surface area contributed by atoms with Gasteiger partial charge in [-0.2, -0.15) is 5.26 Å². The summed E-state index contributed by atoms with van der Waals surface area (Å²) in [4.78, 5) is 4.89. The highest BCUT2D eigenvalue weighted by molar-refractivity contribution is 5.81. The Balaban J connectivity index is 1.70. The number of rotatable bonds is 3. The van der Waals surface area contributed by atoms with Gasteiger partial charge in [-0.25, -0.2) is 0 Å². The van der Waals surface area contributed by atoms with Gasteiger partial charge < -0.3 is 9.47 Å². The Kier molecular flexibility index (Phi) is 3.72. The Labute approximate surface area is 119 Å². The molecule has 0 spiro atoms. The number of hydrogen-bond acceptors (Lipinski definition) is 3. The molecule has 2 heterocycles. The lowest BCUT2D eigenvalue weighted by atomic mass is 10.2. The summed E-state index contributed by atoms with van der Waals surface area (Å²) in [6.07, 6.45) is 2.13. The van der Waals surface area contributed by atoms with Crippen LogP contribution in [0, 0.1) is 11.3 Å². The van der Waals surface area contributed by atoms with Gasteiger partial charge in [-0.05, 0) is 30.6 Å². The molecule has 1 aromatic heterocycles. The van der Waals surface area contributed by atoms with Crippen LogP contribution in [0.3, 0.4) is 0 Å². The molecular formula is C16H20N4. The Morgan fingerprint density at radius 1 is 1.10 bits per heavy atom. The fourth-order valence-electron chi connectivity index (χ4n) is 2.77. The van der Waals surface area contributed by atoms with E-state index in [-0.39, 0.29) is 0 Å². The molecule has 1 aromatic carbocycles. The minimum absolute atomic E-state index is 0.733. The van der Waals surface area contributed by atoms with Crippen LogP contribution >= 0.6 is 0 Å². The van der Waals surface area contributed by atoms with Gasteiger partial charge >= 0.3 is 0 Å². The number of piperazine rings is 1. The number of nitriles is 1. The van der Waals surface area contributed by atoms with E-state index < -0.39 is 0 Å². The van der Waals surface area contributed by atoms with E-state index in [1.54, 1.807) is 0 Å². The van der Waals surface area contributed by atoms with Crippen molar-refractivity contribution in [2.75, 3.05) is 39.8 Å². The summed E-state index contributed by atoms with van der Waals surface area (Å²) in [5.41, 5.74) is 1.90. The van der Waals surface area contributed by atoms with Gasteiger partial charge in [0.25, 0.3) is 0 Å². The van der Waals surface area contributed by atoms with E-state index in [0.29, 0.717) is 0 Å². The molecule has 2 aromatic rings. The Hall–Kier alpha value is -1.83. The molecule has 4 heteroatoms. The van der Waals surface area contributed by atoms with Gasteiger partial charge in [0.05, 0.1) is 11.6 Å². The molecule has 3 rings (SSSR count). The quantitative estimate of drug-likeness (QED) is 0.851. The van der Waals surface area contributed by atoms with Crippen molar-refractivity contribution < 1.29 is 0 Å². The topological polar surface area (TPSA) is 35.2 Å². The summed E-state index contributed by atoms with van der Waals surface area (Å²) in [7, 11) is 2.18. The SMILES string of the molecule is CN1CCN(CCn2ccc3ccc(C#N)cc32)CC1. The molecule has 1 aliphatic rings. The predicted octanol–water partition coefficient (Wildman–Crippen LogP) is 1.76. The minimum atomic E-state index is 0.733. The third-order valence-electron chi connectivity index (χ3n) is 4.16. The summed E-state index contributed by atoms with van der Waals surface area (Å²) in [5.74, 6) is 0. The summed E-state index contributed by atoms with van der Waals surface area (Å²) >= 11 is 0. The third kappa shape index (κ3) is 2.69. The molecule has 4 nitrogen and oxygen atoms in total. The summed E-state index contributed by atoms with van der Waals surface area (Å²) in [5, 5.41) is 10.2. The van der Waals surface area contributed by atoms with E-state index in [4.69, 9.17) is 5.26 Å². The van der Waals surface area contributed by atoms with Crippen molar-refractivity contribution >= 4 is 10.9 Å². The Morgan fingerprint density at radius 2 is 1.90 bits per heavy atom. The summed E-state index contributed by atoms with van der Waals surface area (Å²) in [6, 6.07) is 10.2. The zero-order valence-corrected chi connectivity index (χ0v) is 11.9. The molecule has 1 aliphatic heterocycles. The molecule has 0 aliphatic carbocycles. The van der Waals surface area contributed by atoms with Gasteiger partial charge in [0.2, 0.25) is 0 Å². The molecule has 0 radical (unpaired) electrons. The number of benzene rings is 1. The highest BCUT2D eigenvalue weighted by atomic mass is 15.2. The Morgan fingerprint density at radius 3 is 2.65 bits per heavy atom. The van der Waals surface area contributed by atoms with Crippen molar-refractivity contribution in [3.05, 3.63) is 36.0 Å². The van der Waals surface area contributed by atoms with Crippen molar-refractivity contribution in [2.45, 2.75) is 6.54 Å². The normalized spacial score (nSPS) is 17.4. The molecule has 1 saturated heterocycles. The smallest absolute Gasteiger partial charge is 0.0992 e. The minimum Gasteiger partial charge on any atom is -0.346 e. The average molecular weight is 268 g/mol. The van der Waals surface area contributed by atoms with Crippen molar-refractivity contribution in [3.8, 4) is 6.07 Å². The van der Waals surface area contributed by atoms with Crippen LogP contribution in [-0.2, 0) is 6.54 Å². The molecule has 0 bridgehead atoms.